The molecule has 0 radical (unpaired) electrons. The molecular weight excluding hydrogens is 276 g/mol. The van der Waals surface area contributed by atoms with E-state index in [0.29, 0.717) is 25.5 Å². The lowest BCUT2D eigenvalue weighted by Crippen LogP contribution is -2.45. The SMILES string of the molecule is CN1CCN(c2cnn(CCOCCS)c(=O)c2)CC1. The first-order chi connectivity index (χ1) is 9.70. The van der Waals surface area contributed by atoms with E-state index in [2.05, 4.69) is 34.6 Å². The van der Waals surface area contributed by atoms with Crippen LogP contribution in [0.3, 0.4) is 0 Å². The first-order valence-corrected chi connectivity index (χ1v) is 7.53. The number of piperazine rings is 1. The number of nitrogens with zero attached hydrogens (tertiary/aromatic N) is 4. The van der Waals surface area contributed by atoms with E-state index in [4.69, 9.17) is 4.74 Å². The summed E-state index contributed by atoms with van der Waals surface area (Å²) in [4.78, 5) is 16.5. The van der Waals surface area contributed by atoms with Gasteiger partial charge in [-0.05, 0) is 7.05 Å². The van der Waals surface area contributed by atoms with Crippen molar-refractivity contribution < 1.29 is 4.74 Å². The van der Waals surface area contributed by atoms with Crippen molar-refractivity contribution in [2.75, 3.05) is 57.1 Å². The van der Waals surface area contributed by atoms with Crippen LogP contribution in [0.25, 0.3) is 0 Å². The Hall–Kier alpha value is -1.05. The van der Waals surface area contributed by atoms with Crippen molar-refractivity contribution in [2.24, 2.45) is 0 Å². The fraction of sp³-hybridized carbons (Fsp3) is 0.692. The topological polar surface area (TPSA) is 50.6 Å². The molecule has 2 rings (SSSR count). The highest BCUT2D eigenvalue weighted by Crippen LogP contribution is 2.11. The van der Waals surface area contributed by atoms with Crippen molar-refractivity contribution in [3.63, 3.8) is 0 Å². The minimum absolute atomic E-state index is 0.0732. The Kier molecular flexibility index (Phi) is 5.87. The highest BCUT2D eigenvalue weighted by Gasteiger charge is 2.15. The Morgan fingerprint density at radius 1 is 1.30 bits per heavy atom. The number of rotatable bonds is 6. The highest BCUT2D eigenvalue weighted by molar-refractivity contribution is 7.80. The number of likely N-dealkylation sites (N-methyl/N-ethyl adjacent to an activating group) is 1. The monoisotopic (exact) mass is 298 g/mol. The van der Waals surface area contributed by atoms with Gasteiger partial charge in [-0.2, -0.15) is 17.7 Å². The van der Waals surface area contributed by atoms with Gasteiger partial charge in [-0.1, -0.05) is 0 Å². The number of aromatic nitrogens is 2. The fourth-order valence-electron chi connectivity index (χ4n) is 2.15. The summed E-state index contributed by atoms with van der Waals surface area (Å²) in [6, 6.07) is 1.66. The van der Waals surface area contributed by atoms with Crippen LogP contribution in [0.1, 0.15) is 0 Å². The van der Waals surface area contributed by atoms with Gasteiger partial charge in [-0.3, -0.25) is 4.79 Å². The Morgan fingerprint density at radius 2 is 2.05 bits per heavy atom. The van der Waals surface area contributed by atoms with Crippen molar-refractivity contribution >= 4 is 18.3 Å². The lowest BCUT2D eigenvalue weighted by atomic mass is 10.3. The molecule has 0 aliphatic carbocycles. The molecule has 0 saturated carbocycles. The molecule has 2 heterocycles. The van der Waals surface area contributed by atoms with E-state index in [1.54, 1.807) is 12.3 Å². The van der Waals surface area contributed by atoms with Gasteiger partial charge in [0.1, 0.15) is 0 Å². The molecule has 0 unspecified atom stereocenters. The second-order valence-electron chi connectivity index (χ2n) is 4.90. The van der Waals surface area contributed by atoms with E-state index in [1.165, 1.54) is 4.68 Å². The number of ether oxygens (including phenoxy) is 1. The molecule has 0 N–H and O–H groups in total. The van der Waals surface area contributed by atoms with Crippen molar-refractivity contribution in [3.8, 4) is 0 Å². The van der Waals surface area contributed by atoms with Crippen LogP contribution in [0.15, 0.2) is 17.1 Å². The molecule has 1 aromatic rings. The van der Waals surface area contributed by atoms with E-state index in [-0.39, 0.29) is 5.56 Å². The van der Waals surface area contributed by atoms with Crippen LogP contribution in [0, 0.1) is 0 Å². The summed E-state index contributed by atoms with van der Waals surface area (Å²) in [6.07, 6.45) is 1.77. The van der Waals surface area contributed by atoms with Gasteiger partial charge in [0.15, 0.2) is 0 Å². The fourth-order valence-corrected chi connectivity index (χ4v) is 2.28. The smallest absolute Gasteiger partial charge is 0.268 e. The predicted octanol–water partition coefficient (Wildman–Crippen LogP) is -0.0585. The largest absolute Gasteiger partial charge is 0.379 e. The summed E-state index contributed by atoms with van der Waals surface area (Å²) in [6.45, 7) is 5.47. The van der Waals surface area contributed by atoms with Gasteiger partial charge in [-0.25, -0.2) is 4.68 Å². The zero-order chi connectivity index (χ0) is 14.4. The third kappa shape index (κ3) is 4.22. The summed E-state index contributed by atoms with van der Waals surface area (Å²) in [5, 5.41) is 4.22. The zero-order valence-electron chi connectivity index (χ0n) is 11.9. The first-order valence-electron chi connectivity index (χ1n) is 6.90. The predicted molar refractivity (Wildman–Crippen MR) is 82.9 cm³/mol. The number of anilines is 1. The lowest BCUT2D eigenvalue weighted by Gasteiger charge is -2.33. The van der Waals surface area contributed by atoms with Gasteiger partial charge in [0.25, 0.3) is 5.56 Å². The van der Waals surface area contributed by atoms with Gasteiger partial charge in [0.2, 0.25) is 0 Å². The maximum Gasteiger partial charge on any atom is 0.268 e. The van der Waals surface area contributed by atoms with Crippen molar-refractivity contribution in [2.45, 2.75) is 6.54 Å². The van der Waals surface area contributed by atoms with E-state index in [1.807, 2.05) is 0 Å². The van der Waals surface area contributed by atoms with Gasteiger partial charge < -0.3 is 14.5 Å². The maximum absolute atomic E-state index is 12.0. The molecule has 7 heteroatoms. The second kappa shape index (κ2) is 7.66. The summed E-state index contributed by atoms with van der Waals surface area (Å²) in [7, 11) is 2.11. The molecule has 20 heavy (non-hydrogen) atoms. The van der Waals surface area contributed by atoms with Gasteiger partial charge in [-0.15, -0.1) is 0 Å². The second-order valence-corrected chi connectivity index (χ2v) is 5.35. The van der Waals surface area contributed by atoms with Crippen LogP contribution in [0.5, 0.6) is 0 Å². The van der Waals surface area contributed by atoms with Gasteiger partial charge in [0.05, 0.1) is 31.6 Å². The van der Waals surface area contributed by atoms with Crippen molar-refractivity contribution in [1.29, 1.82) is 0 Å². The van der Waals surface area contributed by atoms with Crippen LogP contribution in [0.2, 0.25) is 0 Å². The quantitative estimate of drug-likeness (QED) is 0.589. The molecule has 1 fully saturated rings. The minimum atomic E-state index is -0.0732. The van der Waals surface area contributed by atoms with Gasteiger partial charge >= 0.3 is 0 Å². The average Bonchev–Trinajstić information content (AvgIpc) is 2.46. The van der Waals surface area contributed by atoms with Crippen LogP contribution >= 0.6 is 12.6 Å². The van der Waals surface area contributed by atoms with Crippen molar-refractivity contribution in [1.82, 2.24) is 14.7 Å². The third-order valence-corrected chi connectivity index (χ3v) is 3.59. The summed E-state index contributed by atoms with van der Waals surface area (Å²) >= 11 is 4.06. The molecule has 0 spiro atoms. The minimum Gasteiger partial charge on any atom is -0.379 e. The Morgan fingerprint density at radius 3 is 2.70 bits per heavy atom. The lowest BCUT2D eigenvalue weighted by molar-refractivity contribution is 0.137. The first kappa shape index (κ1) is 15.3. The number of hydrogen-bond donors (Lipinski definition) is 1. The Bertz CT molecular complexity index is 472. The van der Waals surface area contributed by atoms with E-state index >= 15 is 0 Å². The van der Waals surface area contributed by atoms with Gasteiger partial charge in [0, 0.05) is 38.0 Å². The van der Waals surface area contributed by atoms with Crippen molar-refractivity contribution in [3.05, 3.63) is 22.6 Å². The van der Waals surface area contributed by atoms with Crippen LogP contribution < -0.4 is 10.5 Å². The molecule has 1 aliphatic rings. The molecule has 0 bridgehead atoms. The normalized spacial score (nSPS) is 16.6. The molecule has 0 atom stereocenters. The zero-order valence-corrected chi connectivity index (χ0v) is 12.8. The Balaban J connectivity index is 1.93. The van der Waals surface area contributed by atoms with E-state index in [9.17, 15) is 4.79 Å². The molecule has 6 nitrogen and oxygen atoms in total. The van der Waals surface area contributed by atoms with E-state index < -0.39 is 0 Å². The van der Waals surface area contributed by atoms with Crippen LogP contribution in [-0.2, 0) is 11.3 Å². The molecule has 1 aromatic heterocycles. The third-order valence-electron chi connectivity index (χ3n) is 3.41. The Labute approximate surface area is 124 Å². The number of hydrogen-bond acceptors (Lipinski definition) is 6. The van der Waals surface area contributed by atoms with Crippen LogP contribution in [0.4, 0.5) is 5.69 Å². The highest BCUT2D eigenvalue weighted by atomic mass is 32.1. The van der Waals surface area contributed by atoms with Crippen LogP contribution in [-0.4, -0.2) is 66.9 Å². The van der Waals surface area contributed by atoms with E-state index in [0.717, 1.165) is 31.9 Å². The molecule has 1 saturated heterocycles. The summed E-state index contributed by atoms with van der Waals surface area (Å²) < 4.78 is 6.75. The number of thiol groups is 1. The molecular formula is C13H22N4O2S. The molecule has 112 valence electrons. The summed E-state index contributed by atoms with van der Waals surface area (Å²) in [5.74, 6) is 0.685. The molecule has 1 aliphatic heterocycles. The maximum atomic E-state index is 12.0. The summed E-state index contributed by atoms with van der Waals surface area (Å²) in [5.41, 5.74) is 0.839. The molecule has 0 aromatic carbocycles. The standard InChI is InChI=1S/C13H22N4O2S/c1-15-2-4-16(5-3-15)12-10-13(18)17(14-11-12)6-7-19-8-9-20/h10-11,20H,2-9H2,1H3. The molecule has 0 amide bonds. The average molecular weight is 298 g/mol.